The topological polar surface area (TPSA) is 76.4 Å². The van der Waals surface area contributed by atoms with Crippen LogP contribution in [0.5, 0.6) is 5.75 Å². The molecule has 0 bridgehead atoms. The van der Waals surface area contributed by atoms with E-state index in [1.54, 1.807) is 12.1 Å². The van der Waals surface area contributed by atoms with Crippen LogP contribution in [0.15, 0.2) is 36.4 Å². The zero-order chi connectivity index (χ0) is 17.6. The Labute approximate surface area is 142 Å². The van der Waals surface area contributed by atoms with Crippen LogP contribution in [-0.4, -0.2) is 18.5 Å². The van der Waals surface area contributed by atoms with Crippen LogP contribution >= 0.6 is 0 Å². The summed E-state index contributed by atoms with van der Waals surface area (Å²) in [5, 5.41) is 8.68. The minimum absolute atomic E-state index is 0.309. The number of ether oxygens (including phenoxy) is 2. The summed E-state index contributed by atoms with van der Waals surface area (Å²) in [4.78, 5) is 23.0. The Balaban J connectivity index is 2.20. The van der Waals surface area contributed by atoms with Crippen molar-refractivity contribution in [3.63, 3.8) is 0 Å². The number of nitriles is 1. The summed E-state index contributed by atoms with van der Waals surface area (Å²) in [6.07, 6.45) is 8.77. The van der Waals surface area contributed by atoms with Gasteiger partial charge in [0.05, 0.1) is 18.2 Å². The van der Waals surface area contributed by atoms with Crippen LogP contribution in [0.2, 0.25) is 0 Å². The normalized spacial score (nSPS) is 10.3. The molecule has 5 heteroatoms. The Morgan fingerprint density at radius 3 is 2.29 bits per heavy atom. The fourth-order valence-electron chi connectivity index (χ4n) is 1.99. The highest BCUT2D eigenvalue weighted by atomic mass is 16.5. The molecule has 24 heavy (non-hydrogen) atoms. The Morgan fingerprint density at radius 1 is 1.00 bits per heavy atom. The smallest absolute Gasteiger partial charge is 0.336 e. The Kier molecular flexibility index (Phi) is 9.63. The largest absolute Gasteiger partial charge is 0.463 e. The van der Waals surface area contributed by atoms with E-state index in [0.717, 1.165) is 31.4 Å². The van der Waals surface area contributed by atoms with Crippen LogP contribution in [0.1, 0.15) is 51.0 Å². The third kappa shape index (κ3) is 8.74. The summed E-state index contributed by atoms with van der Waals surface area (Å²) in [6.45, 7) is 2.53. The van der Waals surface area contributed by atoms with Crippen molar-refractivity contribution in [3.8, 4) is 11.8 Å². The lowest BCUT2D eigenvalue weighted by atomic mass is 10.1. The lowest BCUT2D eigenvalue weighted by molar-refractivity contribution is -0.138. The average molecular weight is 329 g/mol. The molecule has 0 aliphatic rings. The molecule has 0 spiro atoms. The summed E-state index contributed by atoms with van der Waals surface area (Å²) in [5.74, 6) is -0.916. The van der Waals surface area contributed by atoms with Gasteiger partial charge in [0.15, 0.2) is 0 Å². The molecule has 128 valence electrons. The molecule has 0 saturated carbocycles. The second-order valence-electron chi connectivity index (χ2n) is 5.33. The molecule has 0 fully saturated rings. The number of esters is 2. The van der Waals surface area contributed by atoms with Crippen LogP contribution in [0, 0.1) is 11.3 Å². The van der Waals surface area contributed by atoms with Crippen LogP contribution in [0.4, 0.5) is 0 Å². The highest BCUT2D eigenvalue weighted by molar-refractivity contribution is 5.92. The van der Waals surface area contributed by atoms with E-state index in [9.17, 15) is 9.59 Å². The summed E-state index contributed by atoms with van der Waals surface area (Å²) < 4.78 is 10.0. The van der Waals surface area contributed by atoms with E-state index in [-0.39, 0.29) is 0 Å². The zero-order valence-corrected chi connectivity index (χ0v) is 14.0. The summed E-state index contributed by atoms with van der Waals surface area (Å²) in [5.41, 5.74) is 0.476. The first kappa shape index (κ1) is 19.4. The number of benzene rings is 1. The predicted octanol–water partition coefficient (Wildman–Crippen LogP) is 3.92. The van der Waals surface area contributed by atoms with Crippen molar-refractivity contribution < 1.29 is 19.1 Å². The molecule has 0 N–H and O–H groups in total. The van der Waals surface area contributed by atoms with Gasteiger partial charge < -0.3 is 9.47 Å². The first-order chi connectivity index (χ1) is 11.7. The van der Waals surface area contributed by atoms with Crippen molar-refractivity contribution in [1.29, 1.82) is 5.26 Å². The lowest BCUT2D eigenvalue weighted by Gasteiger charge is -2.02. The molecule has 0 aromatic heterocycles. The van der Waals surface area contributed by atoms with E-state index in [0.29, 0.717) is 17.9 Å². The van der Waals surface area contributed by atoms with Crippen LogP contribution in [0.25, 0.3) is 0 Å². The Morgan fingerprint density at radius 2 is 1.62 bits per heavy atom. The highest BCUT2D eigenvalue weighted by Gasteiger charge is 2.03. The van der Waals surface area contributed by atoms with E-state index in [2.05, 4.69) is 6.92 Å². The van der Waals surface area contributed by atoms with Gasteiger partial charge in [0.1, 0.15) is 5.75 Å². The number of carbonyl (C=O) groups excluding carboxylic acids is 2. The van der Waals surface area contributed by atoms with Gasteiger partial charge in [-0.2, -0.15) is 5.26 Å². The van der Waals surface area contributed by atoms with Crippen LogP contribution in [-0.2, 0) is 14.3 Å². The van der Waals surface area contributed by atoms with Gasteiger partial charge in [-0.25, -0.2) is 9.59 Å². The lowest BCUT2D eigenvalue weighted by Crippen LogP contribution is -2.07. The molecular formula is C19H23NO4. The number of rotatable bonds is 10. The predicted molar refractivity (Wildman–Crippen MR) is 90.3 cm³/mol. The minimum atomic E-state index is -0.670. The fraction of sp³-hybridized carbons (Fsp3) is 0.421. The molecule has 0 radical (unpaired) electrons. The van der Waals surface area contributed by atoms with Gasteiger partial charge in [0.2, 0.25) is 0 Å². The standard InChI is InChI=1S/C19H23NO4/c1-2-3-4-5-6-7-14-23-18(21)12-13-19(22)24-17-10-8-16(15-20)9-11-17/h8-13H,2-7,14H2,1H3/b13-12+. The van der Waals surface area contributed by atoms with Gasteiger partial charge in [0, 0.05) is 12.2 Å². The van der Waals surface area contributed by atoms with Gasteiger partial charge in [-0.3, -0.25) is 0 Å². The summed E-state index contributed by atoms with van der Waals surface area (Å²) >= 11 is 0. The van der Waals surface area contributed by atoms with Gasteiger partial charge in [-0.15, -0.1) is 0 Å². The highest BCUT2D eigenvalue weighted by Crippen LogP contribution is 2.11. The molecule has 0 saturated heterocycles. The van der Waals surface area contributed by atoms with Gasteiger partial charge >= 0.3 is 11.9 Å². The molecule has 0 aliphatic carbocycles. The molecule has 0 amide bonds. The first-order valence-corrected chi connectivity index (χ1v) is 8.22. The van der Waals surface area contributed by atoms with E-state index >= 15 is 0 Å². The van der Waals surface area contributed by atoms with E-state index in [1.165, 1.54) is 31.4 Å². The molecule has 1 aromatic rings. The van der Waals surface area contributed by atoms with Gasteiger partial charge in [-0.05, 0) is 30.7 Å². The maximum Gasteiger partial charge on any atom is 0.336 e. The monoisotopic (exact) mass is 329 g/mol. The maximum absolute atomic E-state index is 11.6. The fourth-order valence-corrected chi connectivity index (χ4v) is 1.99. The van der Waals surface area contributed by atoms with Crippen LogP contribution in [0.3, 0.4) is 0 Å². The molecule has 0 unspecified atom stereocenters. The van der Waals surface area contributed by atoms with Crippen molar-refractivity contribution in [2.45, 2.75) is 45.4 Å². The van der Waals surface area contributed by atoms with Crippen molar-refractivity contribution in [1.82, 2.24) is 0 Å². The average Bonchev–Trinajstić information content (AvgIpc) is 2.60. The SMILES string of the molecule is CCCCCCCCOC(=O)/C=C/C(=O)Oc1ccc(C#N)cc1. The number of unbranched alkanes of at least 4 members (excludes halogenated alkanes) is 5. The molecular weight excluding hydrogens is 306 g/mol. The van der Waals surface area contributed by atoms with Gasteiger partial charge in [0.25, 0.3) is 0 Å². The molecule has 0 aliphatic heterocycles. The maximum atomic E-state index is 11.6. The molecule has 0 heterocycles. The second kappa shape index (κ2) is 11.9. The Hall–Kier alpha value is -2.61. The number of carbonyl (C=O) groups is 2. The first-order valence-electron chi connectivity index (χ1n) is 8.22. The minimum Gasteiger partial charge on any atom is -0.463 e. The molecule has 5 nitrogen and oxygen atoms in total. The second-order valence-corrected chi connectivity index (χ2v) is 5.33. The van der Waals surface area contributed by atoms with Crippen LogP contribution < -0.4 is 4.74 Å². The third-order valence-corrected chi connectivity index (χ3v) is 3.30. The molecule has 1 aromatic carbocycles. The number of hydrogen-bond acceptors (Lipinski definition) is 5. The van der Waals surface area contributed by atoms with Crippen molar-refractivity contribution in [3.05, 3.63) is 42.0 Å². The zero-order valence-electron chi connectivity index (χ0n) is 14.0. The molecule has 0 atom stereocenters. The number of nitrogens with zero attached hydrogens (tertiary/aromatic N) is 1. The van der Waals surface area contributed by atoms with E-state index < -0.39 is 11.9 Å². The van der Waals surface area contributed by atoms with Crippen molar-refractivity contribution >= 4 is 11.9 Å². The van der Waals surface area contributed by atoms with Crippen molar-refractivity contribution in [2.75, 3.05) is 6.61 Å². The van der Waals surface area contributed by atoms with E-state index in [1.807, 2.05) is 6.07 Å². The quantitative estimate of drug-likeness (QED) is 0.281. The van der Waals surface area contributed by atoms with Crippen molar-refractivity contribution in [2.24, 2.45) is 0 Å². The summed E-state index contributed by atoms with van der Waals surface area (Å²) in [7, 11) is 0. The summed E-state index contributed by atoms with van der Waals surface area (Å²) in [6, 6.07) is 8.09. The van der Waals surface area contributed by atoms with E-state index in [4.69, 9.17) is 14.7 Å². The van der Waals surface area contributed by atoms with Gasteiger partial charge in [-0.1, -0.05) is 39.0 Å². The molecule has 1 rings (SSSR count). The Bertz CT molecular complexity index is 584. The third-order valence-electron chi connectivity index (χ3n) is 3.30. The number of hydrogen-bond donors (Lipinski definition) is 0.